The van der Waals surface area contributed by atoms with Crippen molar-refractivity contribution in [3.63, 3.8) is 0 Å². The Bertz CT molecular complexity index is 1120. The molecule has 3 aromatic rings. The van der Waals surface area contributed by atoms with E-state index in [0.29, 0.717) is 36.0 Å². The lowest BCUT2D eigenvalue weighted by atomic mass is 10.1. The number of benzene rings is 2. The van der Waals surface area contributed by atoms with E-state index in [2.05, 4.69) is 20.6 Å². The fourth-order valence-electron chi connectivity index (χ4n) is 4.11. The highest BCUT2D eigenvalue weighted by Gasteiger charge is 2.48. The summed E-state index contributed by atoms with van der Waals surface area (Å²) in [5.74, 6) is -0.0529. The van der Waals surface area contributed by atoms with Crippen LogP contribution >= 0.6 is 0 Å². The van der Waals surface area contributed by atoms with Gasteiger partial charge in [-0.1, -0.05) is 29.8 Å². The summed E-state index contributed by atoms with van der Waals surface area (Å²) in [6.45, 7) is 2.75. The van der Waals surface area contributed by atoms with Gasteiger partial charge in [0.05, 0.1) is 31.0 Å². The van der Waals surface area contributed by atoms with Crippen molar-refractivity contribution in [1.82, 2.24) is 15.3 Å². The lowest BCUT2D eigenvalue weighted by molar-refractivity contribution is 0.0652. The Morgan fingerprint density at radius 3 is 2.56 bits per heavy atom. The molecule has 7 nitrogen and oxygen atoms in total. The Hall–Kier alpha value is -3.36. The third-order valence-corrected chi connectivity index (χ3v) is 5.77. The number of carbonyl (C=O) groups is 1. The van der Waals surface area contributed by atoms with Crippen molar-refractivity contribution in [2.24, 2.45) is 0 Å². The average molecular weight is 434 g/mol. The summed E-state index contributed by atoms with van der Waals surface area (Å²) in [6.07, 6.45) is 1.14. The van der Waals surface area contributed by atoms with Gasteiger partial charge in [-0.05, 0) is 37.3 Å². The normalized spacial score (nSPS) is 24.2. The molecule has 0 radical (unpaired) electrons. The predicted octanol–water partition coefficient (Wildman–Crippen LogP) is 2.97. The first-order valence-electron chi connectivity index (χ1n) is 10.5. The van der Waals surface area contributed by atoms with Crippen LogP contribution in [0, 0.1) is 12.7 Å². The van der Waals surface area contributed by atoms with Gasteiger partial charge in [0.15, 0.2) is 0 Å². The van der Waals surface area contributed by atoms with Crippen LogP contribution in [0.5, 0.6) is 0 Å². The zero-order valence-corrected chi connectivity index (χ0v) is 17.5. The Morgan fingerprint density at radius 1 is 1.03 bits per heavy atom. The van der Waals surface area contributed by atoms with E-state index in [1.165, 1.54) is 12.1 Å². The second kappa shape index (κ2) is 8.64. The predicted molar refractivity (Wildman–Crippen MR) is 117 cm³/mol. The second-order valence-corrected chi connectivity index (χ2v) is 8.07. The van der Waals surface area contributed by atoms with E-state index in [9.17, 15) is 9.18 Å². The van der Waals surface area contributed by atoms with Crippen molar-refractivity contribution in [2.45, 2.75) is 31.2 Å². The second-order valence-electron chi connectivity index (χ2n) is 8.07. The Kier molecular flexibility index (Phi) is 5.55. The van der Waals surface area contributed by atoms with E-state index in [1.807, 2.05) is 19.1 Å². The molecule has 0 aliphatic carbocycles. The molecule has 2 fully saturated rings. The summed E-state index contributed by atoms with van der Waals surface area (Å²) in [5, 5.41) is 6.29. The molecule has 0 saturated carbocycles. The summed E-state index contributed by atoms with van der Waals surface area (Å²) in [4.78, 5) is 21.4. The van der Waals surface area contributed by atoms with Crippen LogP contribution in [-0.2, 0) is 9.47 Å². The molecule has 0 spiro atoms. The number of aryl methyl sites for hydroxylation is 1. The maximum Gasteiger partial charge on any atom is 0.251 e. The van der Waals surface area contributed by atoms with Crippen molar-refractivity contribution < 1.29 is 18.7 Å². The molecule has 5 rings (SSSR count). The van der Waals surface area contributed by atoms with Crippen LogP contribution in [0.4, 0.5) is 10.3 Å². The third kappa shape index (κ3) is 4.19. The summed E-state index contributed by atoms with van der Waals surface area (Å²) in [5.41, 5.74) is 3.00. The van der Waals surface area contributed by atoms with Crippen LogP contribution in [0.1, 0.15) is 15.9 Å². The first-order chi connectivity index (χ1) is 15.6. The van der Waals surface area contributed by atoms with Crippen molar-refractivity contribution in [3.8, 4) is 11.3 Å². The number of hydrogen-bond acceptors (Lipinski definition) is 6. The van der Waals surface area contributed by atoms with Gasteiger partial charge in [-0.2, -0.15) is 0 Å². The summed E-state index contributed by atoms with van der Waals surface area (Å²) < 4.78 is 25.5. The fourth-order valence-corrected chi connectivity index (χ4v) is 4.11. The Morgan fingerprint density at radius 2 is 1.78 bits per heavy atom. The van der Waals surface area contributed by atoms with Crippen LogP contribution in [-0.4, -0.2) is 53.4 Å². The van der Waals surface area contributed by atoms with Crippen molar-refractivity contribution in [3.05, 3.63) is 77.7 Å². The summed E-state index contributed by atoms with van der Waals surface area (Å²) in [6, 6.07) is 15.0. The number of carbonyl (C=O) groups excluding carboxylic acids is 1. The third-order valence-electron chi connectivity index (χ3n) is 5.77. The average Bonchev–Trinajstić information content (AvgIpc) is 3.38. The molecule has 1 amide bonds. The highest BCUT2D eigenvalue weighted by Crippen LogP contribution is 2.29. The fraction of sp³-hybridized carbons (Fsp3) is 0.292. The topological polar surface area (TPSA) is 85.4 Å². The lowest BCUT2D eigenvalue weighted by Crippen LogP contribution is -2.44. The number of nitrogens with zero attached hydrogens (tertiary/aromatic N) is 2. The molecular formula is C24H23FN4O3. The van der Waals surface area contributed by atoms with Gasteiger partial charge in [0.2, 0.25) is 5.95 Å². The van der Waals surface area contributed by atoms with Crippen LogP contribution in [0.15, 0.2) is 60.8 Å². The first-order valence-corrected chi connectivity index (χ1v) is 10.5. The minimum absolute atomic E-state index is 0.148. The maximum absolute atomic E-state index is 13.6. The zero-order valence-electron chi connectivity index (χ0n) is 17.5. The van der Waals surface area contributed by atoms with Crippen LogP contribution in [0.3, 0.4) is 0 Å². The molecular weight excluding hydrogens is 411 g/mol. The molecule has 0 bridgehead atoms. The summed E-state index contributed by atoms with van der Waals surface area (Å²) >= 11 is 0. The number of anilines is 1. The number of rotatable bonds is 5. The van der Waals surface area contributed by atoms with E-state index < -0.39 is 0 Å². The zero-order chi connectivity index (χ0) is 22.1. The Balaban J connectivity index is 1.24. The standard InChI is InChI=1S/C24H23FN4O3/c1-14-5-7-15(8-6-14)23(30)27-19-12-31-22-20(13-32-21(19)22)29-24-26-10-9-18(28-24)16-3-2-4-17(25)11-16/h2-11,19-22H,12-13H2,1H3,(H,27,30)(H,26,28,29). The molecule has 4 atom stereocenters. The van der Waals surface area contributed by atoms with E-state index in [0.717, 1.165) is 5.56 Å². The minimum atomic E-state index is -0.319. The van der Waals surface area contributed by atoms with Gasteiger partial charge in [-0.25, -0.2) is 14.4 Å². The number of hydrogen-bond donors (Lipinski definition) is 2. The number of nitrogens with one attached hydrogen (secondary N) is 2. The highest BCUT2D eigenvalue weighted by molar-refractivity contribution is 5.94. The quantitative estimate of drug-likeness (QED) is 0.642. The maximum atomic E-state index is 13.6. The number of aromatic nitrogens is 2. The van der Waals surface area contributed by atoms with Crippen molar-refractivity contribution in [1.29, 1.82) is 0 Å². The van der Waals surface area contributed by atoms with Gasteiger partial charge in [-0.15, -0.1) is 0 Å². The monoisotopic (exact) mass is 434 g/mol. The van der Waals surface area contributed by atoms with E-state index in [-0.39, 0.29) is 36.0 Å². The number of halogens is 1. The number of fused-ring (bicyclic) bond motifs is 1. The molecule has 2 N–H and O–H groups in total. The Labute approximate surface area is 185 Å². The molecule has 2 aromatic carbocycles. The molecule has 8 heteroatoms. The van der Waals surface area contributed by atoms with Crippen molar-refractivity contribution in [2.75, 3.05) is 18.5 Å². The smallest absolute Gasteiger partial charge is 0.251 e. The largest absolute Gasteiger partial charge is 0.371 e. The number of ether oxygens (including phenoxy) is 2. The molecule has 2 aliphatic rings. The molecule has 4 unspecified atom stereocenters. The number of amides is 1. The molecule has 164 valence electrons. The molecule has 2 saturated heterocycles. The highest BCUT2D eigenvalue weighted by atomic mass is 19.1. The van der Waals surface area contributed by atoms with Crippen molar-refractivity contribution >= 4 is 11.9 Å². The summed E-state index contributed by atoms with van der Waals surface area (Å²) in [7, 11) is 0. The van der Waals surface area contributed by atoms with E-state index in [4.69, 9.17) is 9.47 Å². The van der Waals surface area contributed by atoms with Crippen LogP contribution in [0.2, 0.25) is 0 Å². The van der Waals surface area contributed by atoms with E-state index in [1.54, 1.807) is 36.5 Å². The van der Waals surface area contributed by atoms with Gasteiger partial charge in [-0.3, -0.25) is 4.79 Å². The molecule has 1 aromatic heterocycles. The molecule has 2 aliphatic heterocycles. The van der Waals surface area contributed by atoms with Crippen LogP contribution < -0.4 is 10.6 Å². The SMILES string of the molecule is Cc1ccc(C(=O)NC2COC3C(Nc4nccc(-c5cccc(F)c5)n4)COC23)cc1. The van der Waals surface area contributed by atoms with Gasteiger partial charge in [0.25, 0.3) is 5.91 Å². The molecule has 3 heterocycles. The van der Waals surface area contributed by atoms with Crippen LogP contribution in [0.25, 0.3) is 11.3 Å². The van der Waals surface area contributed by atoms with Gasteiger partial charge in [0, 0.05) is 17.3 Å². The van der Waals surface area contributed by atoms with Gasteiger partial charge < -0.3 is 20.1 Å². The van der Waals surface area contributed by atoms with Gasteiger partial charge in [0.1, 0.15) is 18.0 Å². The first kappa shape index (κ1) is 20.5. The van der Waals surface area contributed by atoms with E-state index >= 15 is 0 Å². The lowest BCUT2D eigenvalue weighted by Gasteiger charge is -2.18. The van der Waals surface area contributed by atoms with Gasteiger partial charge >= 0.3 is 0 Å². The minimum Gasteiger partial charge on any atom is -0.371 e. The molecule has 32 heavy (non-hydrogen) atoms.